The first-order valence-electron chi connectivity index (χ1n) is 17.3. The van der Waals surface area contributed by atoms with Crippen LogP contribution in [-0.4, -0.2) is 102 Å². The number of nitrogens with zero attached hydrogens (tertiary/aromatic N) is 3. The number of hydrogen-bond donors (Lipinski definition) is 4. The molecule has 8 rings (SSSR count). The number of rotatable bonds is 7. The Labute approximate surface area is 319 Å². The fourth-order valence-corrected chi connectivity index (χ4v) is 7.60. The van der Waals surface area contributed by atoms with Gasteiger partial charge in [-0.1, -0.05) is 12.1 Å². The zero-order valence-electron chi connectivity index (χ0n) is 29.7. The molecule has 6 aromatic rings. The van der Waals surface area contributed by atoms with Gasteiger partial charge >= 0.3 is 18.2 Å². The molecule has 0 spiro atoms. The van der Waals surface area contributed by atoms with Crippen LogP contribution in [0.4, 0.5) is 29.3 Å². The fraction of sp³-hybridized carbons (Fsp3) is 0.263. The summed E-state index contributed by atoms with van der Waals surface area (Å²) in [6, 6.07) is 14.6. The van der Waals surface area contributed by atoms with Gasteiger partial charge in [0.1, 0.15) is 11.4 Å². The molecule has 0 bridgehead atoms. The SMILES string of the molecule is COc1cccc2cc(C(=O)Nc3ccc4[nH]c(C(=O)N5C[C@@H](CCl)c6c5cc(OC(=O)N5CCN(C)CC5)c5[nH]c(C(F)(F)F)c(C(=O)O)c65)cc4c3)oc12. The molecule has 14 nitrogen and oxygen atoms in total. The minimum atomic E-state index is -5.12. The van der Waals surface area contributed by atoms with Crippen LogP contribution >= 0.6 is 11.6 Å². The van der Waals surface area contributed by atoms with E-state index in [0.717, 1.165) is 0 Å². The molecule has 4 N–H and O–H groups in total. The second-order valence-electron chi connectivity index (χ2n) is 13.6. The second kappa shape index (κ2) is 13.8. The quantitative estimate of drug-likeness (QED) is 0.123. The maximum Gasteiger partial charge on any atom is 0.432 e. The van der Waals surface area contributed by atoms with Crippen molar-refractivity contribution in [2.24, 2.45) is 0 Å². The lowest BCUT2D eigenvalue weighted by Crippen LogP contribution is -2.48. The number of methoxy groups -OCH3 is 1. The average Bonchev–Trinajstić information content (AvgIpc) is 3.96. The number of anilines is 2. The molecule has 290 valence electrons. The first-order chi connectivity index (χ1) is 26.7. The molecule has 56 heavy (non-hydrogen) atoms. The Morgan fingerprint density at radius 3 is 2.46 bits per heavy atom. The summed E-state index contributed by atoms with van der Waals surface area (Å²) < 4.78 is 59.8. The number of nitrogens with one attached hydrogen (secondary N) is 3. The lowest BCUT2D eigenvalue weighted by molar-refractivity contribution is -0.141. The van der Waals surface area contributed by atoms with Gasteiger partial charge in [0.2, 0.25) is 0 Å². The summed E-state index contributed by atoms with van der Waals surface area (Å²) in [5.41, 5.74) is -1.42. The van der Waals surface area contributed by atoms with E-state index < -0.39 is 47.2 Å². The van der Waals surface area contributed by atoms with Crippen molar-refractivity contribution in [3.63, 3.8) is 0 Å². The zero-order valence-corrected chi connectivity index (χ0v) is 30.4. The molecule has 1 fully saturated rings. The molecule has 0 radical (unpaired) electrons. The van der Waals surface area contributed by atoms with Crippen LogP contribution in [0.1, 0.15) is 48.6 Å². The van der Waals surface area contributed by atoms with Gasteiger partial charge in [0.15, 0.2) is 22.8 Å². The van der Waals surface area contributed by atoms with Gasteiger partial charge < -0.3 is 49.0 Å². The lowest BCUT2D eigenvalue weighted by atomic mass is 9.95. The highest BCUT2D eigenvalue weighted by molar-refractivity contribution is 6.20. The number of benzene rings is 3. The number of carbonyl (C=O) groups is 4. The van der Waals surface area contributed by atoms with Gasteiger partial charge in [-0.25, -0.2) is 9.59 Å². The molecule has 3 aromatic carbocycles. The number of furan rings is 1. The van der Waals surface area contributed by atoms with Crippen molar-refractivity contribution >= 4 is 79.6 Å². The molecule has 3 amide bonds. The minimum Gasteiger partial charge on any atom is -0.493 e. The molecular weight excluding hydrogens is 761 g/mol. The molecular formula is C38H32ClF3N6O8. The highest BCUT2D eigenvalue weighted by Crippen LogP contribution is 2.49. The van der Waals surface area contributed by atoms with Crippen LogP contribution in [0, 0.1) is 0 Å². The Kier molecular flexibility index (Phi) is 9.08. The van der Waals surface area contributed by atoms with E-state index in [4.69, 9.17) is 25.5 Å². The molecule has 0 unspecified atom stereocenters. The Morgan fingerprint density at radius 2 is 1.77 bits per heavy atom. The monoisotopic (exact) mass is 792 g/mol. The van der Waals surface area contributed by atoms with E-state index >= 15 is 0 Å². The predicted molar refractivity (Wildman–Crippen MR) is 200 cm³/mol. The van der Waals surface area contributed by atoms with Crippen molar-refractivity contribution in [1.29, 1.82) is 0 Å². The Balaban J connectivity index is 1.15. The third kappa shape index (κ3) is 6.31. The molecule has 0 saturated carbocycles. The summed E-state index contributed by atoms with van der Waals surface area (Å²) in [7, 11) is 3.37. The summed E-state index contributed by atoms with van der Waals surface area (Å²) in [4.78, 5) is 63.2. The van der Waals surface area contributed by atoms with Crippen LogP contribution in [-0.2, 0) is 6.18 Å². The largest absolute Gasteiger partial charge is 0.493 e. The number of ether oxygens (including phenoxy) is 2. The number of piperazine rings is 1. The summed E-state index contributed by atoms with van der Waals surface area (Å²) >= 11 is 6.35. The van der Waals surface area contributed by atoms with Crippen molar-refractivity contribution in [3.05, 3.63) is 82.9 Å². The number of H-pyrrole nitrogens is 2. The number of aromatic carboxylic acids is 1. The van der Waals surface area contributed by atoms with Crippen molar-refractivity contribution < 1.29 is 51.3 Å². The Hall–Kier alpha value is -6.20. The number of carboxylic acids is 1. The Morgan fingerprint density at radius 1 is 1.00 bits per heavy atom. The summed E-state index contributed by atoms with van der Waals surface area (Å²) in [6.45, 7) is 1.54. The number of carboxylic acid groups (broad SMARTS) is 1. The van der Waals surface area contributed by atoms with Gasteiger partial charge in [-0.2, -0.15) is 13.2 Å². The first kappa shape index (κ1) is 36.8. The summed E-state index contributed by atoms with van der Waals surface area (Å²) in [5.74, 6) is -3.83. The van der Waals surface area contributed by atoms with Crippen LogP contribution in [0.5, 0.6) is 11.5 Å². The molecule has 3 aromatic heterocycles. The average molecular weight is 793 g/mol. The van der Waals surface area contributed by atoms with Crippen LogP contribution in [0.15, 0.2) is 59.0 Å². The van der Waals surface area contributed by atoms with E-state index in [-0.39, 0.29) is 51.8 Å². The van der Waals surface area contributed by atoms with Gasteiger partial charge in [-0.3, -0.25) is 9.59 Å². The van der Waals surface area contributed by atoms with E-state index in [9.17, 15) is 37.5 Å². The summed E-state index contributed by atoms with van der Waals surface area (Å²) in [5, 5.41) is 13.8. The van der Waals surface area contributed by atoms with E-state index in [2.05, 4.69) is 15.3 Å². The topological polar surface area (TPSA) is 173 Å². The number of para-hydroxylation sites is 1. The maximum atomic E-state index is 14.3. The first-order valence-corrected chi connectivity index (χ1v) is 17.9. The number of likely N-dealkylation sites (N-methyl/N-ethyl adjacent to an activating group) is 1. The number of aromatic nitrogens is 2. The molecule has 2 aliphatic heterocycles. The Bertz CT molecular complexity index is 2590. The van der Waals surface area contributed by atoms with Crippen molar-refractivity contribution in [2.75, 3.05) is 63.0 Å². The normalized spacial score (nSPS) is 16.1. The van der Waals surface area contributed by atoms with E-state index in [1.807, 2.05) is 11.9 Å². The van der Waals surface area contributed by atoms with Crippen molar-refractivity contribution in [3.8, 4) is 11.5 Å². The number of carbonyl (C=O) groups excluding carboxylic acids is 3. The molecule has 2 aliphatic rings. The van der Waals surface area contributed by atoms with Gasteiger partial charge in [0.05, 0.1) is 23.9 Å². The minimum absolute atomic E-state index is 0.0404. The fourth-order valence-electron chi connectivity index (χ4n) is 7.35. The maximum absolute atomic E-state index is 14.3. The van der Waals surface area contributed by atoms with Gasteiger partial charge in [0.25, 0.3) is 11.8 Å². The number of amides is 3. The van der Waals surface area contributed by atoms with Gasteiger partial charge in [-0.05, 0) is 49.0 Å². The smallest absolute Gasteiger partial charge is 0.432 e. The number of fused-ring (bicyclic) bond motifs is 5. The van der Waals surface area contributed by atoms with Crippen molar-refractivity contribution in [1.82, 2.24) is 19.8 Å². The van der Waals surface area contributed by atoms with Crippen LogP contribution in [0.3, 0.4) is 0 Å². The lowest BCUT2D eigenvalue weighted by Gasteiger charge is -2.31. The standard InChI is InChI=1S/C38H32ClF3N6O8/c1-46-8-10-47(11-9-46)37(53)56-26-15-24-28(29-30(36(51)52)33(38(40,41)42)45-31(26)29)20(16-39)17-48(24)35(50)23-13-19-12-21(6-7-22(19)44-23)43-34(49)27-14-18-4-3-5-25(54-2)32(18)55-27/h3-7,12-15,20,44-45H,8-11,16-17H2,1-2H3,(H,43,49)(H,51,52)/t20-/m1/s1. The third-order valence-electron chi connectivity index (χ3n) is 10.1. The number of aromatic amines is 2. The second-order valence-corrected chi connectivity index (χ2v) is 13.9. The van der Waals surface area contributed by atoms with Gasteiger partial charge in [-0.15, -0.1) is 11.6 Å². The van der Waals surface area contributed by atoms with Gasteiger partial charge in [0, 0.05) is 78.0 Å². The molecule has 0 aliphatic carbocycles. The predicted octanol–water partition coefficient (Wildman–Crippen LogP) is 7.10. The number of hydrogen-bond acceptors (Lipinski definition) is 8. The zero-order chi connectivity index (χ0) is 39.6. The van der Waals surface area contributed by atoms with E-state index in [1.54, 1.807) is 48.5 Å². The highest BCUT2D eigenvalue weighted by Gasteiger charge is 2.44. The van der Waals surface area contributed by atoms with Crippen LogP contribution in [0.25, 0.3) is 32.8 Å². The van der Waals surface area contributed by atoms with E-state index in [0.29, 0.717) is 59.5 Å². The number of alkyl halides is 4. The van der Waals surface area contributed by atoms with Crippen LogP contribution in [0.2, 0.25) is 0 Å². The molecule has 5 heterocycles. The van der Waals surface area contributed by atoms with Crippen molar-refractivity contribution in [2.45, 2.75) is 12.1 Å². The molecule has 18 heteroatoms. The van der Waals surface area contributed by atoms with Crippen LogP contribution < -0.4 is 19.7 Å². The molecule has 1 saturated heterocycles. The van der Waals surface area contributed by atoms with E-state index in [1.165, 1.54) is 23.0 Å². The molecule has 1 atom stereocenters. The summed E-state index contributed by atoms with van der Waals surface area (Å²) in [6.07, 6.45) is -5.96. The number of halogens is 4. The highest BCUT2D eigenvalue weighted by atomic mass is 35.5. The third-order valence-corrected chi connectivity index (χ3v) is 10.5.